The minimum absolute atomic E-state index is 0.0251. The number of hydroxylamine groups is 2. The van der Waals surface area contributed by atoms with Gasteiger partial charge < -0.3 is 10.2 Å². The van der Waals surface area contributed by atoms with Crippen molar-refractivity contribution >= 4 is 29.3 Å². The topological polar surface area (TPSA) is 131 Å². The zero-order chi connectivity index (χ0) is 22.6. The number of carbonyl (C=O) groups is 3. The molecule has 1 heterocycles. The van der Waals surface area contributed by atoms with E-state index in [1.54, 1.807) is 74.5 Å². The molecule has 0 aliphatic carbocycles. The number of hydrogen-bond donors (Lipinski definition) is 4. The van der Waals surface area contributed by atoms with E-state index in [0.717, 1.165) is 0 Å². The van der Waals surface area contributed by atoms with E-state index in [1.165, 1.54) is 9.80 Å². The summed E-state index contributed by atoms with van der Waals surface area (Å²) in [6.45, 7) is 3.50. The number of hydrazine groups is 1. The lowest BCUT2D eigenvalue weighted by Crippen LogP contribution is -2.58. The van der Waals surface area contributed by atoms with Crippen LogP contribution in [-0.2, 0) is 4.79 Å². The van der Waals surface area contributed by atoms with Gasteiger partial charge >= 0.3 is 12.1 Å². The highest BCUT2D eigenvalue weighted by atomic mass is 16.5. The van der Waals surface area contributed by atoms with Crippen molar-refractivity contribution in [3.05, 3.63) is 60.7 Å². The molecular formula is C21H26N6O4. The molecule has 1 saturated heterocycles. The molecule has 2 aromatic rings. The van der Waals surface area contributed by atoms with E-state index in [-0.39, 0.29) is 13.0 Å². The van der Waals surface area contributed by atoms with Crippen LogP contribution in [0.5, 0.6) is 0 Å². The SMILES string of the molecule is CC1(C)C(N(O)C(=O)Nc2ccccc2)N(c2ccccc2)C(=O)N1CCC(=O)NN. The molecule has 1 unspecified atom stereocenters. The van der Waals surface area contributed by atoms with E-state index in [0.29, 0.717) is 16.4 Å². The van der Waals surface area contributed by atoms with Gasteiger partial charge in [-0.1, -0.05) is 36.4 Å². The number of hydrogen-bond acceptors (Lipinski definition) is 5. The monoisotopic (exact) mass is 426 g/mol. The number of carbonyl (C=O) groups excluding carboxylic acids is 3. The Labute approximate surface area is 180 Å². The Kier molecular flexibility index (Phi) is 6.42. The normalized spacial score (nSPS) is 17.4. The molecule has 164 valence electrons. The smallest absolute Gasteiger partial charge is 0.315 e. The third-order valence-electron chi connectivity index (χ3n) is 5.23. The second-order valence-electron chi connectivity index (χ2n) is 7.63. The number of rotatable bonds is 6. The summed E-state index contributed by atoms with van der Waals surface area (Å²) >= 11 is 0. The molecule has 10 heteroatoms. The van der Waals surface area contributed by atoms with Crippen LogP contribution in [0.15, 0.2) is 60.7 Å². The number of nitrogens with zero attached hydrogens (tertiary/aromatic N) is 3. The van der Waals surface area contributed by atoms with Gasteiger partial charge in [-0.05, 0) is 38.1 Å². The van der Waals surface area contributed by atoms with E-state index in [1.807, 2.05) is 5.43 Å². The summed E-state index contributed by atoms with van der Waals surface area (Å²) in [4.78, 5) is 40.6. The Balaban J connectivity index is 1.94. The highest BCUT2D eigenvalue weighted by Gasteiger charge is 2.55. The predicted octanol–water partition coefficient (Wildman–Crippen LogP) is 2.34. The zero-order valence-corrected chi connectivity index (χ0v) is 17.4. The van der Waals surface area contributed by atoms with Crippen molar-refractivity contribution in [3.8, 4) is 0 Å². The molecule has 0 spiro atoms. The molecule has 2 aromatic carbocycles. The van der Waals surface area contributed by atoms with Gasteiger partial charge in [-0.2, -0.15) is 5.06 Å². The van der Waals surface area contributed by atoms with Crippen molar-refractivity contribution in [3.63, 3.8) is 0 Å². The van der Waals surface area contributed by atoms with Crippen LogP contribution in [-0.4, -0.2) is 51.4 Å². The van der Waals surface area contributed by atoms with Crippen LogP contribution in [0.3, 0.4) is 0 Å². The van der Waals surface area contributed by atoms with E-state index in [4.69, 9.17) is 5.84 Å². The number of urea groups is 2. The molecule has 10 nitrogen and oxygen atoms in total. The molecule has 0 aromatic heterocycles. The minimum atomic E-state index is -1.06. The number of amides is 5. The van der Waals surface area contributed by atoms with Gasteiger partial charge in [0.15, 0.2) is 6.17 Å². The maximum Gasteiger partial charge on any atom is 0.347 e. The van der Waals surface area contributed by atoms with Crippen molar-refractivity contribution in [1.29, 1.82) is 0 Å². The average Bonchev–Trinajstić information content (AvgIpc) is 2.97. The first-order valence-corrected chi connectivity index (χ1v) is 9.77. The number of nitrogens with two attached hydrogens (primary N) is 1. The summed E-state index contributed by atoms with van der Waals surface area (Å²) in [6.07, 6.45) is -1.09. The number of nitrogens with one attached hydrogen (secondary N) is 2. The maximum absolute atomic E-state index is 13.3. The Bertz CT molecular complexity index is 937. The summed E-state index contributed by atoms with van der Waals surface area (Å²) < 4.78 is 0. The van der Waals surface area contributed by atoms with Crippen LogP contribution in [0.25, 0.3) is 0 Å². The van der Waals surface area contributed by atoms with E-state index < -0.39 is 29.7 Å². The summed E-state index contributed by atoms with van der Waals surface area (Å²) in [7, 11) is 0. The molecule has 0 radical (unpaired) electrons. The number of benzene rings is 2. The first-order chi connectivity index (χ1) is 14.8. The van der Waals surface area contributed by atoms with Gasteiger partial charge in [0, 0.05) is 24.3 Å². The second-order valence-corrected chi connectivity index (χ2v) is 7.63. The lowest BCUT2D eigenvalue weighted by atomic mass is 9.99. The molecular weight excluding hydrogens is 400 g/mol. The van der Waals surface area contributed by atoms with E-state index in [2.05, 4.69) is 5.32 Å². The maximum atomic E-state index is 13.3. The quantitative estimate of drug-likeness (QED) is 0.244. The van der Waals surface area contributed by atoms with Crippen LogP contribution in [0.4, 0.5) is 21.0 Å². The first-order valence-electron chi connectivity index (χ1n) is 9.77. The van der Waals surface area contributed by atoms with E-state index >= 15 is 0 Å². The molecule has 1 aliphatic rings. The molecule has 5 N–H and O–H groups in total. The molecule has 1 atom stereocenters. The average molecular weight is 426 g/mol. The van der Waals surface area contributed by atoms with Crippen LogP contribution in [0.2, 0.25) is 0 Å². The van der Waals surface area contributed by atoms with Gasteiger partial charge in [0.05, 0.1) is 5.54 Å². The third-order valence-corrected chi connectivity index (χ3v) is 5.23. The third kappa shape index (κ3) is 4.44. The second kappa shape index (κ2) is 9.02. The van der Waals surface area contributed by atoms with Crippen LogP contribution >= 0.6 is 0 Å². The molecule has 3 rings (SSSR count). The Morgan fingerprint density at radius 3 is 2.26 bits per heavy atom. The van der Waals surface area contributed by atoms with Crippen molar-refractivity contribution in [2.24, 2.45) is 5.84 Å². The van der Waals surface area contributed by atoms with Crippen molar-refractivity contribution in [2.45, 2.75) is 32.0 Å². The molecule has 1 fully saturated rings. The fraction of sp³-hybridized carbons (Fsp3) is 0.286. The van der Waals surface area contributed by atoms with Crippen LogP contribution < -0.4 is 21.5 Å². The summed E-state index contributed by atoms with van der Waals surface area (Å²) in [5.41, 5.74) is 2.00. The first kappa shape index (κ1) is 22.1. The van der Waals surface area contributed by atoms with Gasteiger partial charge in [0.25, 0.3) is 0 Å². The van der Waals surface area contributed by atoms with Crippen molar-refractivity contribution in [1.82, 2.24) is 15.4 Å². The lowest BCUT2D eigenvalue weighted by Gasteiger charge is -2.38. The van der Waals surface area contributed by atoms with Crippen LogP contribution in [0.1, 0.15) is 20.3 Å². The minimum Gasteiger partial charge on any atom is -0.315 e. The molecule has 1 aliphatic heterocycles. The number of para-hydroxylation sites is 2. The highest BCUT2D eigenvalue weighted by molar-refractivity contribution is 5.98. The van der Waals surface area contributed by atoms with Crippen molar-refractivity contribution in [2.75, 3.05) is 16.8 Å². The van der Waals surface area contributed by atoms with Gasteiger partial charge in [0.1, 0.15) is 0 Å². The Hall–Kier alpha value is -3.63. The largest absolute Gasteiger partial charge is 0.347 e. The molecule has 0 saturated carbocycles. The van der Waals surface area contributed by atoms with Crippen LogP contribution in [0, 0.1) is 0 Å². The molecule has 31 heavy (non-hydrogen) atoms. The predicted molar refractivity (Wildman–Crippen MR) is 115 cm³/mol. The standard InChI is InChI=1S/C21H26N6O4/c1-21(2)18(27(31)19(29)23-15-9-5-3-6-10-15)26(16-11-7-4-8-12-16)20(30)25(21)14-13-17(28)24-22/h3-12,18,31H,13-14,22H2,1-2H3,(H,23,29)(H,24,28). The lowest BCUT2D eigenvalue weighted by molar-refractivity contribution is -0.121. The Morgan fingerprint density at radius 1 is 1.10 bits per heavy atom. The Morgan fingerprint density at radius 2 is 1.68 bits per heavy atom. The fourth-order valence-electron chi connectivity index (χ4n) is 3.67. The summed E-state index contributed by atoms with van der Waals surface area (Å²) in [5, 5.41) is 14.0. The molecule has 0 bridgehead atoms. The van der Waals surface area contributed by atoms with Gasteiger partial charge in [-0.25, -0.2) is 15.4 Å². The van der Waals surface area contributed by atoms with Crippen molar-refractivity contribution < 1.29 is 19.6 Å². The fourth-order valence-corrected chi connectivity index (χ4v) is 3.67. The highest BCUT2D eigenvalue weighted by Crippen LogP contribution is 2.37. The summed E-state index contributed by atoms with van der Waals surface area (Å²) in [6, 6.07) is 16.2. The van der Waals surface area contributed by atoms with Gasteiger partial charge in [-0.3, -0.25) is 20.3 Å². The van der Waals surface area contributed by atoms with Gasteiger partial charge in [-0.15, -0.1) is 0 Å². The number of anilines is 2. The zero-order valence-electron chi connectivity index (χ0n) is 17.4. The summed E-state index contributed by atoms with van der Waals surface area (Å²) in [5.74, 6) is 4.72. The van der Waals surface area contributed by atoms with E-state index in [9.17, 15) is 19.6 Å². The molecule has 5 amide bonds. The van der Waals surface area contributed by atoms with Gasteiger partial charge in [0.2, 0.25) is 5.91 Å².